The zero-order valence-corrected chi connectivity index (χ0v) is 18.0. The molecule has 1 atom stereocenters. The zero-order chi connectivity index (χ0) is 21.8. The molecule has 1 N–H and O–H groups in total. The zero-order valence-electron chi connectivity index (χ0n) is 18.0. The van der Waals surface area contributed by atoms with Crippen LogP contribution in [0.5, 0.6) is 5.75 Å². The molecule has 1 heterocycles. The molecule has 1 aromatic heterocycles. The van der Waals surface area contributed by atoms with E-state index in [9.17, 15) is 4.79 Å². The van der Waals surface area contributed by atoms with Crippen LogP contribution in [0.15, 0.2) is 71.1 Å². The molecular weight excluding hydrogens is 388 g/mol. The topological polar surface area (TPSA) is 64.4 Å². The first-order valence-electron chi connectivity index (χ1n) is 10.5. The lowest BCUT2D eigenvalue weighted by molar-refractivity contribution is -0.118. The van der Waals surface area contributed by atoms with E-state index in [1.54, 1.807) is 12.1 Å². The molecule has 0 saturated carbocycles. The minimum Gasteiger partial charge on any atom is -0.484 e. The van der Waals surface area contributed by atoms with Crippen molar-refractivity contribution in [3.8, 4) is 17.2 Å². The summed E-state index contributed by atoms with van der Waals surface area (Å²) in [5, 5.41) is 2.86. The highest BCUT2D eigenvalue weighted by molar-refractivity contribution is 5.94. The fourth-order valence-electron chi connectivity index (χ4n) is 3.38. The largest absolute Gasteiger partial charge is 0.484 e. The first kappa shape index (κ1) is 20.7. The van der Waals surface area contributed by atoms with E-state index in [4.69, 9.17) is 9.15 Å². The summed E-state index contributed by atoms with van der Waals surface area (Å²) < 4.78 is 11.5. The van der Waals surface area contributed by atoms with Gasteiger partial charge in [-0.25, -0.2) is 4.98 Å². The highest BCUT2D eigenvalue weighted by Crippen LogP contribution is 2.27. The van der Waals surface area contributed by atoms with E-state index in [-0.39, 0.29) is 12.5 Å². The Morgan fingerprint density at radius 3 is 2.65 bits per heavy atom. The van der Waals surface area contributed by atoms with Crippen LogP contribution < -0.4 is 10.1 Å². The Balaban J connectivity index is 1.39. The summed E-state index contributed by atoms with van der Waals surface area (Å²) in [5.41, 5.74) is 5.35. The molecule has 3 aromatic carbocycles. The van der Waals surface area contributed by atoms with Gasteiger partial charge in [0.2, 0.25) is 5.89 Å². The van der Waals surface area contributed by atoms with E-state index in [1.165, 1.54) is 5.56 Å². The van der Waals surface area contributed by atoms with E-state index < -0.39 is 0 Å². The van der Waals surface area contributed by atoms with Gasteiger partial charge in [-0.2, -0.15) is 0 Å². The van der Waals surface area contributed by atoms with Crippen molar-refractivity contribution in [2.24, 2.45) is 0 Å². The molecule has 158 valence electrons. The van der Waals surface area contributed by atoms with E-state index in [1.807, 2.05) is 61.5 Å². The van der Waals surface area contributed by atoms with Crippen LogP contribution in [-0.4, -0.2) is 17.5 Å². The summed E-state index contributed by atoms with van der Waals surface area (Å²) in [5.74, 6) is 1.52. The number of carbonyl (C=O) groups is 1. The number of amides is 1. The first-order valence-corrected chi connectivity index (χ1v) is 10.5. The average Bonchev–Trinajstić information content (AvgIpc) is 3.21. The standard InChI is InChI=1S/C26H26N2O3/c1-4-18(3)19-8-11-22(12-9-19)30-16-25(29)27-21-10-13-24-23(15-21)28-26(31-24)20-7-5-6-17(2)14-20/h5-15,18H,4,16H2,1-3H3,(H,27,29). The monoisotopic (exact) mass is 414 g/mol. The van der Waals surface area contributed by atoms with Crippen molar-refractivity contribution in [2.45, 2.75) is 33.1 Å². The molecule has 1 amide bonds. The lowest BCUT2D eigenvalue weighted by Gasteiger charge is -2.11. The van der Waals surface area contributed by atoms with Gasteiger partial charge in [0.15, 0.2) is 12.2 Å². The van der Waals surface area contributed by atoms with Gasteiger partial charge in [0.25, 0.3) is 5.91 Å². The third-order valence-electron chi connectivity index (χ3n) is 5.37. The van der Waals surface area contributed by atoms with Crippen LogP contribution in [0.4, 0.5) is 5.69 Å². The number of nitrogens with one attached hydrogen (secondary N) is 1. The van der Waals surface area contributed by atoms with Crippen LogP contribution in [-0.2, 0) is 4.79 Å². The quantitative estimate of drug-likeness (QED) is 0.383. The molecular formula is C26H26N2O3. The molecule has 4 rings (SSSR count). The molecule has 0 saturated heterocycles. The van der Waals surface area contributed by atoms with Crippen molar-refractivity contribution < 1.29 is 13.9 Å². The minimum atomic E-state index is -0.229. The van der Waals surface area contributed by atoms with Gasteiger partial charge in [0, 0.05) is 11.3 Å². The number of anilines is 1. The molecule has 0 aliphatic heterocycles. The highest BCUT2D eigenvalue weighted by Gasteiger charge is 2.11. The Labute approximate surface area is 182 Å². The molecule has 0 bridgehead atoms. The number of carbonyl (C=O) groups excluding carboxylic acids is 1. The lowest BCUT2D eigenvalue weighted by Crippen LogP contribution is -2.20. The number of aryl methyl sites for hydroxylation is 1. The Morgan fingerprint density at radius 2 is 1.90 bits per heavy atom. The third kappa shape index (κ3) is 4.94. The van der Waals surface area contributed by atoms with Gasteiger partial charge in [-0.05, 0) is 67.3 Å². The molecule has 0 fully saturated rings. The van der Waals surface area contributed by atoms with Gasteiger partial charge in [0.1, 0.15) is 11.3 Å². The third-order valence-corrected chi connectivity index (χ3v) is 5.37. The maximum absolute atomic E-state index is 12.3. The van der Waals surface area contributed by atoms with Gasteiger partial charge >= 0.3 is 0 Å². The fourth-order valence-corrected chi connectivity index (χ4v) is 3.38. The number of ether oxygens (including phenoxy) is 1. The van der Waals surface area contributed by atoms with Crippen LogP contribution in [0.25, 0.3) is 22.6 Å². The van der Waals surface area contributed by atoms with Crippen molar-refractivity contribution in [1.82, 2.24) is 4.98 Å². The molecule has 0 radical (unpaired) electrons. The number of hydrogen-bond donors (Lipinski definition) is 1. The van der Waals surface area contributed by atoms with E-state index in [0.29, 0.717) is 34.3 Å². The maximum Gasteiger partial charge on any atom is 0.262 e. The van der Waals surface area contributed by atoms with Crippen molar-refractivity contribution in [1.29, 1.82) is 0 Å². The van der Waals surface area contributed by atoms with E-state index >= 15 is 0 Å². The van der Waals surface area contributed by atoms with Gasteiger partial charge < -0.3 is 14.5 Å². The molecule has 0 aliphatic carbocycles. The summed E-state index contributed by atoms with van der Waals surface area (Å²) in [6.07, 6.45) is 1.09. The van der Waals surface area contributed by atoms with Crippen LogP contribution in [0, 0.1) is 6.92 Å². The summed E-state index contributed by atoms with van der Waals surface area (Å²) in [6.45, 7) is 6.33. The SMILES string of the molecule is CCC(C)c1ccc(OCC(=O)Nc2ccc3oc(-c4cccc(C)c4)nc3c2)cc1. The summed E-state index contributed by atoms with van der Waals surface area (Å²) in [6, 6.07) is 21.3. The predicted octanol–water partition coefficient (Wildman–Crippen LogP) is 6.33. The normalized spacial score (nSPS) is 12.0. The molecule has 0 spiro atoms. The van der Waals surface area contributed by atoms with Gasteiger partial charge in [-0.15, -0.1) is 0 Å². The minimum absolute atomic E-state index is 0.0614. The predicted molar refractivity (Wildman–Crippen MR) is 123 cm³/mol. The number of fused-ring (bicyclic) bond motifs is 1. The van der Waals surface area contributed by atoms with Gasteiger partial charge in [0.05, 0.1) is 0 Å². The maximum atomic E-state index is 12.3. The second kappa shape index (κ2) is 9.04. The second-order valence-electron chi connectivity index (χ2n) is 7.79. The number of nitrogens with zero attached hydrogens (tertiary/aromatic N) is 1. The number of hydrogen-bond acceptors (Lipinski definition) is 4. The van der Waals surface area contributed by atoms with Crippen LogP contribution in [0.3, 0.4) is 0 Å². The molecule has 5 nitrogen and oxygen atoms in total. The van der Waals surface area contributed by atoms with E-state index in [0.717, 1.165) is 17.5 Å². The molecule has 5 heteroatoms. The smallest absolute Gasteiger partial charge is 0.262 e. The van der Waals surface area contributed by atoms with Gasteiger partial charge in [-0.1, -0.05) is 43.7 Å². The average molecular weight is 415 g/mol. The Morgan fingerprint density at radius 1 is 1.10 bits per heavy atom. The number of rotatable bonds is 7. The number of aromatic nitrogens is 1. The first-order chi connectivity index (χ1) is 15.0. The second-order valence-corrected chi connectivity index (χ2v) is 7.79. The summed E-state index contributed by atoms with van der Waals surface area (Å²) in [4.78, 5) is 16.9. The Hall–Kier alpha value is -3.60. The van der Waals surface area contributed by atoms with Crippen LogP contribution >= 0.6 is 0 Å². The molecule has 1 unspecified atom stereocenters. The fraction of sp³-hybridized carbons (Fsp3) is 0.231. The highest BCUT2D eigenvalue weighted by atomic mass is 16.5. The molecule has 4 aromatic rings. The number of benzene rings is 3. The van der Waals surface area contributed by atoms with Crippen LogP contribution in [0.2, 0.25) is 0 Å². The van der Waals surface area contributed by atoms with Crippen molar-refractivity contribution >= 4 is 22.7 Å². The summed E-state index contributed by atoms with van der Waals surface area (Å²) in [7, 11) is 0. The van der Waals surface area contributed by atoms with Gasteiger partial charge in [-0.3, -0.25) is 4.79 Å². The molecule has 0 aliphatic rings. The number of oxazole rings is 1. The lowest BCUT2D eigenvalue weighted by atomic mass is 9.99. The Bertz CT molecular complexity index is 1190. The van der Waals surface area contributed by atoms with Crippen LogP contribution in [0.1, 0.15) is 37.3 Å². The van der Waals surface area contributed by atoms with Crippen molar-refractivity contribution in [3.63, 3.8) is 0 Å². The van der Waals surface area contributed by atoms with Crippen molar-refractivity contribution in [3.05, 3.63) is 77.9 Å². The molecule has 31 heavy (non-hydrogen) atoms. The van der Waals surface area contributed by atoms with Crippen molar-refractivity contribution in [2.75, 3.05) is 11.9 Å². The Kier molecular flexibility index (Phi) is 6.03. The van der Waals surface area contributed by atoms with E-state index in [2.05, 4.69) is 24.1 Å². The summed E-state index contributed by atoms with van der Waals surface area (Å²) >= 11 is 0.